The van der Waals surface area contributed by atoms with Crippen LogP contribution >= 0.6 is 15.9 Å². The molecule has 0 saturated carbocycles. The van der Waals surface area contributed by atoms with Gasteiger partial charge in [-0.15, -0.1) is 0 Å². The second-order valence-electron chi connectivity index (χ2n) is 3.91. The molecule has 3 N–H and O–H groups in total. The number of benzene rings is 1. The highest BCUT2D eigenvalue weighted by molar-refractivity contribution is 9.10. The number of carbonyl (C=O) groups is 3. The molecular formula is C13H13BrN2O5. The van der Waals surface area contributed by atoms with Gasteiger partial charge >= 0.3 is 5.97 Å². The summed E-state index contributed by atoms with van der Waals surface area (Å²) in [5.41, 5.74) is 4.96. The first-order chi connectivity index (χ1) is 9.88. The number of hydrazine groups is 1. The predicted molar refractivity (Wildman–Crippen MR) is 77.4 cm³/mol. The molecule has 8 heteroatoms. The third-order valence-electron chi connectivity index (χ3n) is 2.20. The number of carboxylic acids is 1. The Morgan fingerprint density at radius 1 is 1.29 bits per heavy atom. The van der Waals surface area contributed by atoms with Gasteiger partial charge in [-0.2, -0.15) is 0 Å². The van der Waals surface area contributed by atoms with Crippen LogP contribution in [-0.4, -0.2) is 29.5 Å². The lowest BCUT2D eigenvalue weighted by molar-refractivity contribution is -0.131. The Hall–Kier alpha value is -2.35. The summed E-state index contributed by atoms with van der Waals surface area (Å²) in [5.74, 6) is -2.05. The van der Waals surface area contributed by atoms with Crippen molar-refractivity contribution in [1.82, 2.24) is 10.9 Å². The highest BCUT2D eigenvalue weighted by atomic mass is 79.9. The monoisotopic (exact) mass is 356 g/mol. The van der Waals surface area contributed by atoms with Gasteiger partial charge in [0.25, 0.3) is 11.8 Å². The fourth-order valence-corrected chi connectivity index (χ4v) is 1.75. The molecule has 0 heterocycles. The van der Waals surface area contributed by atoms with E-state index < -0.39 is 17.8 Å². The number of hydrogen-bond acceptors (Lipinski definition) is 4. The first-order valence-corrected chi connectivity index (χ1v) is 6.56. The maximum Gasteiger partial charge on any atom is 0.328 e. The maximum absolute atomic E-state index is 11.4. The summed E-state index contributed by atoms with van der Waals surface area (Å²) in [6.45, 7) is 1.54. The number of amides is 2. The third-order valence-corrected chi connectivity index (χ3v) is 2.69. The minimum Gasteiger partial charge on any atom is -0.483 e. The van der Waals surface area contributed by atoms with Crippen LogP contribution in [-0.2, 0) is 14.4 Å². The maximum atomic E-state index is 11.4. The quantitative estimate of drug-likeness (QED) is 0.537. The van der Waals surface area contributed by atoms with Crippen molar-refractivity contribution >= 4 is 33.7 Å². The highest BCUT2D eigenvalue weighted by Crippen LogP contribution is 2.21. The van der Waals surface area contributed by atoms with Gasteiger partial charge in [0, 0.05) is 16.6 Å². The Morgan fingerprint density at radius 3 is 2.62 bits per heavy atom. The number of carboxylic acid groups (broad SMARTS) is 1. The van der Waals surface area contributed by atoms with Gasteiger partial charge < -0.3 is 9.84 Å². The van der Waals surface area contributed by atoms with Gasteiger partial charge in [-0.05, 0) is 30.7 Å². The van der Waals surface area contributed by atoms with Crippen LogP contribution in [0.1, 0.15) is 5.56 Å². The van der Waals surface area contributed by atoms with E-state index in [1.165, 1.54) is 0 Å². The summed E-state index contributed by atoms with van der Waals surface area (Å²) in [7, 11) is 0. The molecule has 0 fully saturated rings. The van der Waals surface area contributed by atoms with Crippen LogP contribution < -0.4 is 15.6 Å². The fraction of sp³-hybridized carbons (Fsp3) is 0.154. The van der Waals surface area contributed by atoms with Crippen LogP contribution in [0.3, 0.4) is 0 Å². The smallest absolute Gasteiger partial charge is 0.328 e. The van der Waals surface area contributed by atoms with Crippen molar-refractivity contribution in [2.75, 3.05) is 6.61 Å². The third kappa shape index (κ3) is 6.57. The number of aliphatic carboxylic acids is 1. The number of ether oxygens (including phenoxy) is 1. The van der Waals surface area contributed by atoms with Crippen LogP contribution in [0.5, 0.6) is 5.75 Å². The van der Waals surface area contributed by atoms with Crippen molar-refractivity contribution in [2.45, 2.75) is 6.92 Å². The summed E-state index contributed by atoms with van der Waals surface area (Å²) >= 11 is 3.31. The molecule has 1 rings (SSSR count). The van der Waals surface area contributed by atoms with E-state index in [0.29, 0.717) is 11.8 Å². The Kier molecular flexibility index (Phi) is 6.41. The predicted octanol–water partition coefficient (Wildman–Crippen LogP) is 0.925. The van der Waals surface area contributed by atoms with E-state index >= 15 is 0 Å². The van der Waals surface area contributed by atoms with Crippen LogP contribution in [0.25, 0.3) is 0 Å². The molecule has 0 atom stereocenters. The van der Waals surface area contributed by atoms with Crippen molar-refractivity contribution in [3.63, 3.8) is 0 Å². The first-order valence-electron chi connectivity index (χ1n) is 5.77. The summed E-state index contributed by atoms with van der Waals surface area (Å²) in [5, 5.41) is 8.32. The average Bonchev–Trinajstić information content (AvgIpc) is 2.41. The van der Waals surface area contributed by atoms with Crippen molar-refractivity contribution in [3.8, 4) is 5.75 Å². The van der Waals surface area contributed by atoms with Crippen LogP contribution in [0.4, 0.5) is 0 Å². The van der Waals surface area contributed by atoms with Gasteiger partial charge in [0.15, 0.2) is 6.61 Å². The molecule has 0 spiro atoms. The molecule has 0 aliphatic rings. The van der Waals surface area contributed by atoms with Gasteiger partial charge in [-0.1, -0.05) is 15.9 Å². The van der Waals surface area contributed by atoms with Gasteiger partial charge in [0.05, 0.1) is 0 Å². The van der Waals surface area contributed by atoms with Gasteiger partial charge in [0.2, 0.25) is 0 Å². The summed E-state index contributed by atoms with van der Waals surface area (Å²) in [6.07, 6.45) is 1.44. The Bertz CT molecular complexity index is 586. The summed E-state index contributed by atoms with van der Waals surface area (Å²) < 4.78 is 6.19. The van der Waals surface area contributed by atoms with Crippen LogP contribution in [0.15, 0.2) is 34.8 Å². The molecule has 0 aliphatic heterocycles. The lowest BCUT2D eigenvalue weighted by Gasteiger charge is -2.09. The van der Waals surface area contributed by atoms with Crippen LogP contribution in [0, 0.1) is 6.92 Å². The van der Waals surface area contributed by atoms with E-state index in [2.05, 4.69) is 21.4 Å². The van der Waals surface area contributed by atoms with Crippen molar-refractivity contribution in [3.05, 3.63) is 40.4 Å². The minimum atomic E-state index is -1.26. The van der Waals surface area contributed by atoms with Crippen LogP contribution in [0.2, 0.25) is 0 Å². The zero-order valence-corrected chi connectivity index (χ0v) is 12.6. The molecule has 7 nitrogen and oxygen atoms in total. The second-order valence-corrected chi connectivity index (χ2v) is 4.82. The number of halogens is 1. The lowest BCUT2D eigenvalue weighted by atomic mass is 10.2. The molecule has 0 aromatic heterocycles. The van der Waals surface area contributed by atoms with E-state index in [1.807, 2.05) is 18.4 Å². The molecule has 0 radical (unpaired) electrons. The number of aryl methyl sites for hydroxylation is 1. The lowest BCUT2D eigenvalue weighted by Crippen LogP contribution is -2.43. The minimum absolute atomic E-state index is 0.286. The molecule has 2 amide bonds. The molecule has 1 aromatic carbocycles. The molecular weight excluding hydrogens is 344 g/mol. The molecule has 0 saturated heterocycles. The normalized spacial score (nSPS) is 10.2. The first kappa shape index (κ1) is 16.7. The van der Waals surface area contributed by atoms with E-state index in [1.54, 1.807) is 12.1 Å². The fourth-order valence-electron chi connectivity index (χ4n) is 1.27. The van der Waals surface area contributed by atoms with E-state index in [-0.39, 0.29) is 6.61 Å². The zero-order valence-electron chi connectivity index (χ0n) is 11.1. The molecule has 0 aliphatic carbocycles. The number of nitrogens with one attached hydrogen (secondary N) is 2. The number of hydrogen-bond donors (Lipinski definition) is 3. The van der Waals surface area contributed by atoms with E-state index in [4.69, 9.17) is 9.84 Å². The molecule has 21 heavy (non-hydrogen) atoms. The molecule has 0 bridgehead atoms. The average molecular weight is 357 g/mol. The number of rotatable bonds is 5. The van der Waals surface area contributed by atoms with Crippen molar-refractivity contribution in [2.24, 2.45) is 0 Å². The Morgan fingerprint density at radius 2 is 2.00 bits per heavy atom. The van der Waals surface area contributed by atoms with Crippen molar-refractivity contribution in [1.29, 1.82) is 0 Å². The Balaban J connectivity index is 2.37. The summed E-state index contributed by atoms with van der Waals surface area (Å²) in [4.78, 5) is 32.7. The van der Waals surface area contributed by atoms with Gasteiger partial charge in [-0.25, -0.2) is 4.79 Å². The highest BCUT2D eigenvalue weighted by Gasteiger charge is 2.06. The van der Waals surface area contributed by atoms with Gasteiger partial charge in [-0.3, -0.25) is 20.4 Å². The largest absolute Gasteiger partial charge is 0.483 e. The second kappa shape index (κ2) is 8.05. The van der Waals surface area contributed by atoms with Crippen molar-refractivity contribution < 1.29 is 24.2 Å². The standard InChI is InChI=1S/C13H13BrN2O5/c1-8-6-9(14)2-3-10(8)21-7-12(18)16-15-11(17)4-5-13(19)20/h2-6H,7H2,1H3,(H,15,17)(H,16,18)(H,19,20)/b5-4+. The molecule has 0 unspecified atom stereocenters. The molecule has 112 valence electrons. The SMILES string of the molecule is Cc1cc(Br)ccc1OCC(=O)NNC(=O)/C=C/C(=O)O. The molecule has 1 aromatic rings. The Labute approximate surface area is 129 Å². The number of carbonyl (C=O) groups excluding carboxylic acids is 2. The van der Waals surface area contributed by atoms with Gasteiger partial charge in [0.1, 0.15) is 5.75 Å². The van der Waals surface area contributed by atoms with E-state index in [9.17, 15) is 14.4 Å². The topological polar surface area (TPSA) is 105 Å². The zero-order chi connectivity index (χ0) is 15.8. The van der Waals surface area contributed by atoms with E-state index in [0.717, 1.165) is 16.1 Å². The summed E-state index contributed by atoms with van der Waals surface area (Å²) in [6, 6.07) is 5.32.